The summed E-state index contributed by atoms with van der Waals surface area (Å²) in [5.41, 5.74) is 2.63. The average Bonchev–Trinajstić information content (AvgIpc) is 3.13. The molecule has 0 aliphatic carbocycles. The summed E-state index contributed by atoms with van der Waals surface area (Å²) in [5.74, 6) is 0.141. The summed E-state index contributed by atoms with van der Waals surface area (Å²) in [6, 6.07) is 17.9. The van der Waals surface area contributed by atoms with Gasteiger partial charge in [-0.2, -0.15) is 0 Å². The molecule has 1 atom stereocenters. The number of methoxy groups -OCH3 is 2. The molecule has 7 heteroatoms. The topological polar surface area (TPSA) is 67.9 Å². The molecule has 0 bridgehead atoms. The molecule has 32 heavy (non-hydrogen) atoms. The third-order valence-corrected chi connectivity index (χ3v) is 5.51. The number of benzene rings is 3. The lowest BCUT2D eigenvalue weighted by Gasteiger charge is -2.28. The Hall–Kier alpha value is -3.87. The number of rotatable bonds is 7. The molecule has 6 nitrogen and oxygen atoms in total. The van der Waals surface area contributed by atoms with Crippen LogP contribution in [-0.4, -0.2) is 30.9 Å². The summed E-state index contributed by atoms with van der Waals surface area (Å²) in [6.07, 6.45) is -0.00821. The van der Waals surface area contributed by atoms with Gasteiger partial charge in [0.15, 0.2) is 11.5 Å². The monoisotopic (exact) mass is 434 g/mol. The molecule has 0 radical (unpaired) electrons. The van der Waals surface area contributed by atoms with Crippen molar-refractivity contribution in [1.82, 2.24) is 4.90 Å². The van der Waals surface area contributed by atoms with Crippen molar-refractivity contribution in [2.45, 2.75) is 19.0 Å². The lowest BCUT2D eigenvalue weighted by molar-refractivity contribution is -0.117. The number of nitrogens with one attached hydrogen (secondary N) is 1. The van der Waals surface area contributed by atoms with Crippen LogP contribution in [-0.2, 0) is 11.3 Å². The van der Waals surface area contributed by atoms with Crippen molar-refractivity contribution in [3.05, 3.63) is 89.2 Å². The Bertz CT molecular complexity index is 1160. The molecule has 1 aliphatic rings. The van der Waals surface area contributed by atoms with Gasteiger partial charge in [-0.3, -0.25) is 9.59 Å². The second-order valence-corrected chi connectivity index (χ2v) is 7.48. The molecule has 2 amide bonds. The molecule has 0 fully saturated rings. The Morgan fingerprint density at radius 2 is 1.81 bits per heavy atom. The summed E-state index contributed by atoms with van der Waals surface area (Å²) >= 11 is 0. The Morgan fingerprint density at radius 1 is 1.03 bits per heavy atom. The number of anilines is 1. The number of amides is 2. The van der Waals surface area contributed by atoms with Gasteiger partial charge < -0.3 is 19.7 Å². The van der Waals surface area contributed by atoms with Gasteiger partial charge in [0.1, 0.15) is 5.82 Å². The van der Waals surface area contributed by atoms with E-state index in [0.717, 1.165) is 11.1 Å². The predicted octanol–water partition coefficient (Wildman–Crippen LogP) is 4.57. The van der Waals surface area contributed by atoms with Crippen molar-refractivity contribution in [2.24, 2.45) is 0 Å². The van der Waals surface area contributed by atoms with Crippen LogP contribution in [0.25, 0.3) is 0 Å². The highest BCUT2D eigenvalue weighted by Gasteiger charge is 2.34. The molecular weight excluding hydrogens is 411 g/mol. The predicted molar refractivity (Wildman–Crippen MR) is 118 cm³/mol. The molecule has 1 aliphatic heterocycles. The summed E-state index contributed by atoms with van der Waals surface area (Å²) in [6.45, 7) is 0.390. The fourth-order valence-corrected chi connectivity index (χ4v) is 3.95. The minimum absolute atomic E-state index is 0.00821. The third kappa shape index (κ3) is 4.27. The van der Waals surface area contributed by atoms with Gasteiger partial charge in [-0.25, -0.2) is 4.39 Å². The summed E-state index contributed by atoms with van der Waals surface area (Å²) in [4.78, 5) is 27.7. The first-order chi connectivity index (χ1) is 15.5. The molecule has 3 aromatic rings. The van der Waals surface area contributed by atoms with E-state index in [1.807, 2.05) is 24.3 Å². The van der Waals surface area contributed by atoms with Crippen LogP contribution in [0, 0.1) is 5.82 Å². The van der Waals surface area contributed by atoms with E-state index in [1.165, 1.54) is 25.3 Å². The van der Waals surface area contributed by atoms with Crippen molar-refractivity contribution < 1.29 is 23.5 Å². The molecule has 0 unspecified atom stereocenters. The van der Waals surface area contributed by atoms with Crippen LogP contribution in [0.15, 0.2) is 66.7 Å². The van der Waals surface area contributed by atoms with Crippen LogP contribution >= 0.6 is 0 Å². The first-order valence-corrected chi connectivity index (χ1v) is 10.2. The normalized spacial score (nSPS) is 13.5. The maximum atomic E-state index is 13.5. The second kappa shape index (κ2) is 9.09. The van der Waals surface area contributed by atoms with Gasteiger partial charge in [0.25, 0.3) is 5.91 Å². The van der Waals surface area contributed by atoms with E-state index in [4.69, 9.17) is 9.47 Å². The molecule has 1 N–H and O–H groups in total. The number of nitrogens with zero attached hydrogens (tertiary/aromatic N) is 1. The highest BCUT2D eigenvalue weighted by Crippen LogP contribution is 2.37. The zero-order chi connectivity index (χ0) is 22.7. The Kier molecular flexibility index (Phi) is 6.07. The molecule has 3 aromatic carbocycles. The van der Waals surface area contributed by atoms with E-state index in [-0.39, 0.29) is 18.2 Å². The molecule has 0 saturated carbocycles. The number of carbonyl (C=O) groups excluding carboxylic acids is 2. The van der Waals surface area contributed by atoms with Crippen LogP contribution in [0.3, 0.4) is 0 Å². The maximum Gasteiger partial charge on any atom is 0.255 e. The summed E-state index contributed by atoms with van der Waals surface area (Å²) in [7, 11) is 3.08. The van der Waals surface area contributed by atoms with E-state index in [1.54, 1.807) is 36.3 Å². The number of hydrogen-bond acceptors (Lipinski definition) is 4. The smallest absolute Gasteiger partial charge is 0.255 e. The van der Waals surface area contributed by atoms with Crippen molar-refractivity contribution in [3.8, 4) is 11.5 Å². The fraction of sp³-hybridized carbons (Fsp3) is 0.200. The standard InChI is InChI=1S/C25H23FN2O4/c1-31-22-11-10-16(12-23(22)32-2)21(14-24(29)27-19-8-5-7-18(26)13-19)28-15-17-6-3-4-9-20(17)25(28)30/h3-13,21H,14-15H2,1-2H3,(H,27,29)/t21-/m1/s1. The molecule has 0 aromatic heterocycles. The van der Waals surface area contributed by atoms with E-state index < -0.39 is 11.9 Å². The summed E-state index contributed by atoms with van der Waals surface area (Å²) < 4.78 is 24.3. The van der Waals surface area contributed by atoms with Gasteiger partial charge in [0, 0.05) is 17.8 Å². The van der Waals surface area contributed by atoms with Crippen LogP contribution < -0.4 is 14.8 Å². The lowest BCUT2D eigenvalue weighted by Crippen LogP contribution is -2.32. The van der Waals surface area contributed by atoms with Crippen LogP contribution in [0.5, 0.6) is 11.5 Å². The minimum Gasteiger partial charge on any atom is -0.493 e. The van der Waals surface area contributed by atoms with Gasteiger partial charge in [-0.05, 0) is 47.5 Å². The van der Waals surface area contributed by atoms with E-state index in [2.05, 4.69) is 5.32 Å². The second-order valence-electron chi connectivity index (χ2n) is 7.48. The maximum absolute atomic E-state index is 13.5. The van der Waals surface area contributed by atoms with Crippen LogP contribution in [0.1, 0.15) is 33.9 Å². The SMILES string of the molecule is COc1ccc([C@@H](CC(=O)Nc2cccc(F)c2)N2Cc3ccccc3C2=O)cc1OC. The zero-order valence-electron chi connectivity index (χ0n) is 17.8. The Labute approximate surface area is 185 Å². The van der Waals surface area contributed by atoms with Gasteiger partial charge >= 0.3 is 0 Å². The van der Waals surface area contributed by atoms with Gasteiger partial charge in [-0.1, -0.05) is 30.3 Å². The van der Waals surface area contributed by atoms with Crippen molar-refractivity contribution in [3.63, 3.8) is 0 Å². The average molecular weight is 434 g/mol. The van der Waals surface area contributed by atoms with Gasteiger partial charge in [-0.15, -0.1) is 0 Å². The molecular formula is C25H23FN2O4. The van der Waals surface area contributed by atoms with Gasteiger partial charge in [0.05, 0.1) is 26.7 Å². The number of halogens is 1. The largest absolute Gasteiger partial charge is 0.493 e. The number of hydrogen-bond donors (Lipinski definition) is 1. The van der Waals surface area contributed by atoms with E-state index in [9.17, 15) is 14.0 Å². The first-order valence-electron chi connectivity index (χ1n) is 10.2. The van der Waals surface area contributed by atoms with Crippen LogP contribution in [0.4, 0.5) is 10.1 Å². The Morgan fingerprint density at radius 3 is 2.53 bits per heavy atom. The van der Waals surface area contributed by atoms with Crippen molar-refractivity contribution in [1.29, 1.82) is 0 Å². The lowest BCUT2D eigenvalue weighted by atomic mass is 10.0. The van der Waals surface area contributed by atoms with Gasteiger partial charge in [0.2, 0.25) is 5.91 Å². The molecule has 4 rings (SSSR count). The number of ether oxygens (including phenoxy) is 2. The first kappa shape index (κ1) is 21.4. The molecule has 0 spiro atoms. The highest BCUT2D eigenvalue weighted by atomic mass is 19.1. The summed E-state index contributed by atoms with van der Waals surface area (Å²) in [5, 5.41) is 2.72. The van der Waals surface area contributed by atoms with E-state index >= 15 is 0 Å². The highest BCUT2D eigenvalue weighted by molar-refractivity contribution is 5.99. The van der Waals surface area contributed by atoms with E-state index in [0.29, 0.717) is 29.3 Å². The zero-order valence-corrected chi connectivity index (χ0v) is 17.8. The van der Waals surface area contributed by atoms with Crippen LogP contribution in [0.2, 0.25) is 0 Å². The number of fused-ring (bicyclic) bond motifs is 1. The third-order valence-electron chi connectivity index (χ3n) is 5.51. The number of carbonyl (C=O) groups is 2. The Balaban J connectivity index is 1.66. The fourth-order valence-electron chi connectivity index (χ4n) is 3.95. The molecule has 1 heterocycles. The van der Waals surface area contributed by atoms with Crippen molar-refractivity contribution >= 4 is 17.5 Å². The minimum atomic E-state index is -0.553. The molecule has 164 valence electrons. The molecule has 0 saturated heterocycles. The quantitative estimate of drug-likeness (QED) is 0.592. The van der Waals surface area contributed by atoms with Crippen molar-refractivity contribution in [2.75, 3.05) is 19.5 Å².